The number of nitrogens with zero attached hydrogens (tertiary/aromatic N) is 2. The number of rotatable bonds is 6. The van der Waals surface area contributed by atoms with Gasteiger partial charge in [-0.15, -0.1) is 11.3 Å². The maximum atomic E-state index is 12.2. The topological polar surface area (TPSA) is 82.5 Å². The zero-order valence-corrected chi connectivity index (χ0v) is 15.6. The predicted octanol–water partition coefficient (Wildman–Crippen LogP) is 3.07. The number of aryl methyl sites for hydroxylation is 1. The molecule has 2 N–H and O–H groups in total. The Morgan fingerprint density at radius 1 is 1.35 bits per heavy atom. The molecule has 6 nitrogen and oxygen atoms in total. The molecule has 0 aliphatic carbocycles. The number of hydrogen-bond donors (Lipinski definition) is 2. The van der Waals surface area contributed by atoms with E-state index in [4.69, 9.17) is 0 Å². The maximum Gasteiger partial charge on any atom is 0.320 e. The molecule has 0 spiro atoms. The first kappa shape index (κ1) is 18.5. The lowest BCUT2D eigenvalue weighted by molar-refractivity contribution is -0.144. The van der Waals surface area contributed by atoms with Crippen molar-refractivity contribution in [2.24, 2.45) is 0 Å². The summed E-state index contributed by atoms with van der Waals surface area (Å²) in [5, 5.41) is 14.9. The Labute approximate surface area is 156 Å². The summed E-state index contributed by atoms with van der Waals surface area (Å²) in [6.07, 6.45) is 2.88. The van der Waals surface area contributed by atoms with Crippen molar-refractivity contribution in [1.82, 2.24) is 9.88 Å². The van der Waals surface area contributed by atoms with Crippen LogP contribution in [0.3, 0.4) is 0 Å². The minimum absolute atomic E-state index is 0.0958. The number of carbonyl (C=O) groups is 2. The zero-order valence-electron chi connectivity index (χ0n) is 14.8. The van der Waals surface area contributed by atoms with Gasteiger partial charge in [0, 0.05) is 17.6 Å². The van der Waals surface area contributed by atoms with Gasteiger partial charge in [-0.25, -0.2) is 4.98 Å². The van der Waals surface area contributed by atoms with E-state index in [2.05, 4.69) is 10.3 Å². The van der Waals surface area contributed by atoms with Crippen molar-refractivity contribution < 1.29 is 14.7 Å². The number of benzene rings is 1. The Morgan fingerprint density at radius 2 is 2.15 bits per heavy atom. The third-order valence-electron chi connectivity index (χ3n) is 4.59. The number of carboxylic acids is 1. The van der Waals surface area contributed by atoms with Crippen LogP contribution in [0.15, 0.2) is 29.6 Å². The molecular weight excluding hydrogens is 350 g/mol. The van der Waals surface area contributed by atoms with Crippen LogP contribution >= 0.6 is 11.3 Å². The van der Waals surface area contributed by atoms with E-state index in [0.29, 0.717) is 13.0 Å². The fourth-order valence-electron chi connectivity index (χ4n) is 3.22. The van der Waals surface area contributed by atoms with Gasteiger partial charge in [0.1, 0.15) is 11.0 Å². The van der Waals surface area contributed by atoms with Gasteiger partial charge in [-0.3, -0.25) is 14.5 Å². The molecule has 1 saturated heterocycles. The first-order valence-corrected chi connectivity index (χ1v) is 9.66. The summed E-state index contributed by atoms with van der Waals surface area (Å²) < 4.78 is 0. The molecule has 1 aliphatic rings. The fraction of sp³-hybridized carbons (Fsp3) is 0.421. The van der Waals surface area contributed by atoms with Crippen molar-refractivity contribution in [1.29, 1.82) is 0 Å². The molecule has 1 unspecified atom stereocenters. The van der Waals surface area contributed by atoms with Gasteiger partial charge in [-0.2, -0.15) is 0 Å². The molecule has 2 heterocycles. The monoisotopic (exact) mass is 373 g/mol. The number of aliphatic carboxylic acids is 1. The van der Waals surface area contributed by atoms with E-state index < -0.39 is 12.0 Å². The second kappa shape index (κ2) is 8.42. The van der Waals surface area contributed by atoms with Crippen molar-refractivity contribution in [3.8, 4) is 0 Å². The third-order valence-corrected chi connectivity index (χ3v) is 5.49. The highest BCUT2D eigenvalue weighted by Gasteiger charge is 2.28. The first-order valence-electron chi connectivity index (χ1n) is 8.78. The number of thiazole rings is 1. The summed E-state index contributed by atoms with van der Waals surface area (Å²) in [6, 6.07) is 7.22. The van der Waals surface area contributed by atoms with E-state index in [1.54, 1.807) is 0 Å². The van der Waals surface area contributed by atoms with Gasteiger partial charge >= 0.3 is 5.97 Å². The van der Waals surface area contributed by atoms with Crippen LogP contribution < -0.4 is 5.32 Å². The largest absolute Gasteiger partial charge is 0.480 e. The Kier molecular flexibility index (Phi) is 6.00. The molecule has 3 rings (SSSR count). The first-order chi connectivity index (χ1) is 12.5. The van der Waals surface area contributed by atoms with Crippen LogP contribution in [0, 0.1) is 6.92 Å². The van der Waals surface area contributed by atoms with Gasteiger partial charge in [0.15, 0.2) is 0 Å². The van der Waals surface area contributed by atoms with Crippen LogP contribution in [-0.2, 0) is 22.6 Å². The lowest BCUT2D eigenvalue weighted by Crippen LogP contribution is -2.44. The van der Waals surface area contributed by atoms with Gasteiger partial charge in [0.2, 0.25) is 5.91 Å². The molecule has 1 aromatic heterocycles. The van der Waals surface area contributed by atoms with Crippen LogP contribution in [0.1, 0.15) is 35.5 Å². The highest BCUT2D eigenvalue weighted by molar-refractivity contribution is 7.09. The molecule has 7 heteroatoms. The highest BCUT2D eigenvalue weighted by Crippen LogP contribution is 2.21. The number of anilines is 1. The van der Waals surface area contributed by atoms with Gasteiger partial charge in [0.25, 0.3) is 0 Å². The summed E-state index contributed by atoms with van der Waals surface area (Å²) in [6.45, 7) is 3.25. The Morgan fingerprint density at radius 3 is 2.92 bits per heavy atom. The Hall–Kier alpha value is -2.25. The summed E-state index contributed by atoms with van der Waals surface area (Å²) in [5.74, 6) is -0.862. The number of piperidine rings is 1. The summed E-state index contributed by atoms with van der Waals surface area (Å²) >= 11 is 1.44. The number of hydrogen-bond acceptors (Lipinski definition) is 5. The second-order valence-electron chi connectivity index (χ2n) is 6.59. The Bertz CT molecular complexity index is 790. The molecule has 138 valence electrons. The van der Waals surface area contributed by atoms with Crippen molar-refractivity contribution in [3.63, 3.8) is 0 Å². The molecule has 0 radical (unpaired) electrons. The minimum atomic E-state index is -0.766. The molecule has 1 amide bonds. The number of para-hydroxylation sites is 1. The average molecular weight is 373 g/mol. The van der Waals surface area contributed by atoms with E-state index >= 15 is 0 Å². The van der Waals surface area contributed by atoms with Crippen LogP contribution in [-0.4, -0.2) is 39.5 Å². The van der Waals surface area contributed by atoms with Gasteiger partial charge in [-0.05, 0) is 37.9 Å². The van der Waals surface area contributed by atoms with Gasteiger partial charge < -0.3 is 10.4 Å². The number of carbonyl (C=O) groups excluding carboxylic acids is 1. The van der Waals surface area contributed by atoms with Gasteiger partial charge in [0.05, 0.1) is 12.1 Å². The Balaban J connectivity index is 1.58. The molecule has 1 aromatic carbocycles. The molecular formula is C19H23N3O3S. The molecule has 26 heavy (non-hydrogen) atoms. The molecule has 1 fully saturated rings. The van der Waals surface area contributed by atoms with Crippen molar-refractivity contribution in [3.05, 3.63) is 45.9 Å². The molecule has 1 atom stereocenters. The molecule has 0 saturated carbocycles. The van der Waals surface area contributed by atoms with Gasteiger partial charge in [-0.1, -0.05) is 24.6 Å². The number of aromatic nitrogens is 1. The lowest BCUT2D eigenvalue weighted by Gasteiger charge is -2.32. The van der Waals surface area contributed by atoms with E-state index in [1.165, 1.54) is 11.3 Å². The van der Waals surface area contributed by atoms with E-state index in [0.717, 1.165) is 41.3 Å². The SMILES string of the molecule is Cc1ccccc1NC(=O)Cc1nc(CN2CCCCC2C(=O)O)cs1. The summed E-state index contributed by atoms with van der Waals surface area (Å²) in [5.41, 5.74) is 2.67. The lowest BCUT2D eigenvalue weighted by atomic mass is 10.0. The van der Waals surface area contributed by atoms with E-state index in [9.17, 15) is 14.7 Å². The smallest absolute Gasteiger partial charge is 0.320 e. The van der Waals surface area contributed by atoms with Crippen molar-refractivity contribution in [2.45, 2.75) is 45.2 Å². The number of nitrogens with one attached hydrogen (secondary N) is 1. The fourth-order valence-corrected chi connectivity index (χ4v) is 4.00. The third kappa shape index (κ3) is 4.68. The summed E-state index contributed by atoms with van der Waals surface area (Å²) in [7, 11) is 0. The minimum Gasteiger partial charge on any atom is -0.480 e. The average Bonchev–Trinajstić information content (AvgIpc) is 3.04. The normalized spacial score (nSPS) is 17.8. The number of amides is 1. The molecule has 0 bridgehead atoms. The summed E-state index contributed by atoms with van der Waals surface area (Å²) in [4.78, 5) is 30.1. The second-order valence-corrected chi connectivity index (χ2v) is 7.54. The quantitative estimate of drug-likeness (QED) is 0.813. The standard InChI is InChI=1S/C19H23N3O3S/c1-13-6-2-3-7-15(13)21-17(23)10-18-20-14(12-26-18)11-22-9-5-4-8-16(22)19(24)25/h2-3,6-7,12,16H,4-5,8-11H2,1H3,(H,21,23)(H,24,25). The number of carboxylic acid groups (broad SMARTS) is 1. The van der Waals surface area contributed by atoms with E-state index in [1.807, 2.05) is 41.5 Å². The number of likely N-dealkylation sites (tertiary alicyclic amines) is 1. The molecule has 2 aromatic rings. The molecule has 1 aliphatic heterocycles. The van der Waals surface area contributed by atoms with Crippen LogP contribution in [0.25, 0.3) is 0 Å². The highest BCUT2D eigenvalue weighted by atomic mass is 32.1. The van der Waals surface area contributed by atoms with Crippen molar-refractivity contribution in [2.75, 3.05) is 11.9 Å². The maximum absolute atomic E-state index is 12.2. The van der Waals surface area contributed by atoms with Crippen LogP contribution in [0.4, 0.5) is 5.69 Å². The van der Waals surface area contributed by atoms with E-state index in [-0.39, 0.29) is 12.3 Å². The zero-order chi connectivity index (χ0) is 18.5. The predicted molar refractivity (Wildman–Crippen MR) is 101 cm³/mol. The van der Waals surface area contributed by atoms with Crippen molar-refractivity contribution >= 4 is 28.9 Å². The van der Waals surface area contributed by atoms with Crippen LogP contribution in [0.5, 0.6) is 0 Å². The van der Waals surface area contributed by atoms with Crippen LogP contribution in [0.2, 0.25) is 0 Å².